The zero-order chi connectivity index (χ0) is 13.5. The van der Waals surface area contributed by atoms with E-state index in [1.54, 1.807) is 6.20 Å². The lowest BCUT2D eigenvalue weighted by atomic mass is 10.1. The van der Waals surface area contributed by atoms with Crippen LogP contribution in [0.2, 0.25) is 0 Å². The molecule has 0 aliphatic heterocycles. The largest absolute Gasteiger partial charge is 0.264 e. The molecule has 2 heteroatoms. The monoisotopic (exact) mass is 267 g/mol. The Morgan fingerprint density at radius 1 is 0.737 bits per heavy atom. The van der Waals surface area contributed by atoms with Gasteiger partial charge in [0.1, 0.15) is 0 Å². The van der Waals surface area contributed by atoms with Gasteiger partial charge in [-0.05, 0) is 43.2 Å². The summed E-state index contributed by atoms with van der Waals surface area (Å²) in [7, 11) is 0. The van der Waals surface area contributed by atoms with Gasteiger partial charge >= 0.3 is 0 Å². The summed E-state index contributed by atoms with van der Waals surface area (Å²) >= 11 is 1.84. The topological polar surface area (TPSA) is 12.9 Å². The van der Waals surface area contributed by atoms with Crippen LogP contribution in [0, 0.1) is 13.8 Å². The summed E-state index contributed by atoms with van der Waals surface area (Å²) in [6.07, 6.45) is 3.65. The summed E-state index contributed by atoms with van der Waals surface area (Å²) in [6, 6.07) is 18.5. The van der Waals surface area contributed by atoms with Gasteiger partial charge in [-0.1, -0.05) is 36.4 Å². The zero-order valence-corrected chi connectivity index (χ0v) is 12.0. The average molecular weight is 267 g/mol. The summed E-state index contributed by atoms with van der Waals surface area (Å²) in [4.78, 5) is 6.86. The minimum Gasteiger partial charge on any atom is -0.264 e. The van der Waals surface area contributed by atoms with Gasteiger partial charge in [0.15, 0.2) is 0 Å². The van der Waals surface area contributed by atoms with Crippen molar-refractivity contribution >= 4 is 11.3 Å². The predicted molar refractivity (Wildman–Crippen MR) is 83.5 cm³/mol. The van der Waals surface area contributed by atoms with Crippen molar-refractivity contribution in [2.24, 2.45) is 0 Å². The Morgan fingerprint density at radius 2 is 1.37 bits per heavy atom. The molecule has 2 heterocycles. The Morgan fingerprint density at radius 3 is 1.84 bits per heavy atom. The Balaban J connectivity index is 0.000000163. The maximum Gasteiger partial charge on any atom is 0.0346 e. The van der Waals surface area contributed by atoms with Crippen molar-refractivity contribution in [3.8, 4) is 11.1 Å². The summed E-state index contributed by atoms with van der Waals surface area (Å²) in [5, 5.41) is 0. The van der Waals surface area contributed by atoms with Crippen molar-refractivity contribution < 1.29 is 0 Å². The number of rotatable bonds is 1. The molecule has 0 atom stereocenters. The van der Waals surface area contributed by atoms with Gasteiger partial charge in [0.2, 0.25) is 0 Å². The lowest BCUT2D eigenvalue weighted by Gasteiger charge is -1.97. The highest BCUT2D eigenvalue weighted by Gasteiger charge is 1.92. The van der Waals surface area contributed by atoms with Crippen LogP contribution in [-0.2, 0) is 0 Å². The summed E-state index contributed by atoms with van der Waals surface area (Å²) in [5.74, 6) is 0. The Hall–Kier alpha value is -1.93. The molecule has 0 aliphatic rings. The van der Waals surface area contributed by atoms with Crippen LogP contribution in [0.1, 0.15) is 9.75 Å². The first-order valence-electron chi connectivity index (χ1n) is 6.24. The van der Waals surface area contributed by atoms with E-state index >= 15 is 0 Å². The number of hydrogen-bond acceptors (Lipinski definition) is 2. The van der Waals surface area contributed by atoms with Crippen molar-refractivity contribution in [1.29, 1.82) is 0 Å². The first kappa shape index (κ1) is 13.5. The predicted octanol–water partition coefficient (Wildman–Crippen LogP) is 5.11. The highest BCUT2D eigenvalue weighted by Crippen LogP contribution is 2.16. The molecule has 0 aliphatic carbocycles. The minimum absolute atomic E-state index is 1.16. The van der Waals surface area contributed by atoms with Gasteiger partial charge in [0.05, 0.1) is 0 Å². The van der Waals surface area contributed by atoms with Gasteiger partial charge in [0, 0.05) is 22.1 Å². The first-order valence-corrected chi connectivity index (χ1v) is 7.06. The lowest BCUT2D eigenvalue weighted by molar-refractivity contribution is 1.33. The first-order chi connectivity index (χ1) is 9.25. The van der Waals surface area contributed by atoms with Crippen LogP contribution in [0.5, 0.6) is 0 Å². The third-order valence-electron chi connectivity index (χ3n) is 2.64. The third-order valence-corrected chi connectivity index (χ3v) is 3.56. The molecule has 0 radical (unpaired) electrons. The molecule has 0 unspecified atom stereocenters. The van der Waals surface area contributed by atoms with Crippen LogP contribution in [0.25, 0.3) is 11.1 Å². The van der Waals surface area contributed by atoms with Gasteiger partial charge in [-0.3, -0.25) is 4.98 Å². The fraction of sp³-hybridized carbons (Fsp3) is 0.118. The third kappa shape index (κ3) is 4.34. The van der Waals surface area contributed by atoms with Crippen molar-refractivity contribution in [2.45, 2.75) is 13.8 Å². The molecular weight excluding hydrogens is 250 g/mol. The molecule has 0 saturated carbocycles. The Labute approximate surface area is 118 Å². The fourth-order valence-corrected chi connectivity index (χ4v) is 2.50. The van der Waals surface area contributed by atoms with E-state index in [4.69, 9.17) is 0 Å². The second-order valence-electron chi connectivity index (χ2n) is 4.26. The minimum atomic E-state index is 1.16. The number of aromatic nitrogens is 1. The summed E-state index contributed by atoms with van der Waals surface area (Å²) < 4.78 is 0. The Bertz CT molecular complexity index is 545. The van der Waals surface area contributed by atoms with Crippen molar-refractivity contribution in [2.75, 3.05) is 0 Å². The molecule has 19 heavy (non-hydrogen) atoms. The van der Waals surface area contributed by atoms with Crippen LogP contribution < -0.4 is 0 Å². The van der Waals surface area contributed by atoms with Crippen LogP contribution in [-0.4, -0.2) is 4.98 Å². The number of thiophene rings is 1. The fourth-order valence-electron chi connectivity index (χ4n) is 1.72. The molecule has 3 aromatic rings. The van der Waals surface area contributed by atoms with Gasteiger partial charge in [-0.25, -0.2) is 0 Å². The smallest absolute Gasteiger partial charge is 0.0346 e. The van der Waals surface area contributed by atoms with E-state index in [0.717, 1.165) is 5.56 Å². The van der Waals surface area contributed by atoms with Crippen LogP contribution in [0.3, 0.4) is 0 Å². The summed E-state index contributed by atoms with van der Waals surface area (Å²) in [6.45, 7) is 4.25. The molecule has 3 rings (SSSR count). The molecule has 0 amide bonds. The molecule has 0 fully saturated rings. The number of hydrogen-bond donors (Lipinski definition) is 0. The molecule has 0 saturated heterocycles. The van der Waals surface area contributed by atoms with E-state index < -0.39 is 0 Å². The maximum absolute atomic E-state index is 4.06. The summed E-state index contributed by atoms with van der Waals surface area (Å²) in [5.41, 5.74) is 2.38. The highest BCUT2D eigenvalue weighted by atomic mass is 32.1. The molecule has 96 valence electrons. The molecule has 2 aromatic heterocycles. The lowest BCUT2D eigenvalue weighted by Crippen LogP contribution is -1.76. The molecule has 1 aromatic carbocycles. The van der Waals surface area contributed by atoms with E-state index in [-0.39, 0.29) is 0 Å². The number of aryl methyl sites for hydroxylation is 2. The molecule has 0 bridgehead atoms. The average Bonchev–Trinajstić information content (AvgIpc) is 2.85. The van der Waals surface area contributed by atoms with E-state index in [2.05, 4.69) is 49.2 Å². The van der Waals surface area contributed by atoms with Crippen molar-refractivity contribution in [3.63, 3.8) is 0 Å². The van der Waals surface area contributed by atoms with Crippen molar-refractivity contribution in [3.05, 3.63) is 76.7 Å². The molecular formula is C17H17NS. The maximum atomic E-state index is 4.06. The standard InChI is InChI=1S/C11H9N.C6H8S/c1-2-5-10(6-3-1)11-7-4-8-12-9-11;1-5-3-4-6(2)7-5/h1-9H;3-4H,1-2H3. The molecule has 0 N–H and O–H groups in total. The highest BCUT2D eigenvalue weighted by molar-refractivity contribution is 7.11. The van der Waals surface area contributed by atoms with Gasteiger partial charge in [-0.2, -0.15) is 0 Å². The Kier molecular flexibility index (Phi) is 4.87. The second kappa shape index (κ2) is 6.86. The van der Waals surface area contributed by atoms with E-state index in [1.165, 1.54) is 15.3 Å². The molecule has 1 nitrogen and oxygen atoms in total. The number of nitrogens with zero attached hydrogens (tertiary/aromatic N) is 1. The van der Waals surface area contributed by atoms with Crippen molar-refractivity contribution in [1.82, 2.24) is 4.98 Å². The van der Waals surface area contributed by atoms with E-state index in [1.807, 2.05) is 41.8 Å². The van der Waals surface area contributed by atoms with Crippen LogP contribution in [0.15, 0.2) is 67.0 Å². The normalized spacial score (nSPS) is 9.58. The zero-order valence-electron chi connectivity index (χ0n) is 11.2. The van der Waals surface area contributed by atoms with Crippen LogP contribution in [0.4, 0.5) is 0 Å². The molecule has 0 spiro atoms. The van der Waals surface area contributed by atoms with E-state index in [0.29, 0.717) is 0 Å². The van der Waals surface area contributed by atoms with Gasteiger partial charge in [0.25, 0.3) is 0 Å². The van der Waals surface area contributed by atoms with Gasteiger partial charge in [-0.15, -0.1) is 11.3 Å². The van der Waals surface area contributed by atoms with E-state index in [9.17, 15) is 0 Å². The number of benzene rings is 1. The quantitative estimate of drug-likeness (QED) is 0.596. The SMILES string of the molecule is Cc1ccc(C)s1.c1ccc(-c2cccnc2)cc1. The van der Waals surface area contributed by atoms with Crippen LogP contribution >= 0.6 is 11.3 Å². The second-order valence-corrected chi connectivity index (χ2v) is 5.76. The number of pyridine rings is 1. The van der Waals surface area contributed by atoms with Gasteiger partial charge < -0.3 is 0 Å².